The molecule has 0 aliphatic heterocycles. The van der Waals surface area contributed by atoms with Crippen LogP contribution >= 0.6 is 33.2 Å². The maximum absolute atomic E-state index is 12.8. The van der Waals surface area contributed by atoms with E-state index in [4.69, 9.17) is 33.2 Å². The lowest BCUT2D eigenvalue weighted by molar-refractivity contribution is -0.138. The summed E-state index contributed by atoms with van der Waals surface area (Å²) in [4.78, 5) is 0. The molecule has 0 rings (SSSR count). The van der Waals surface area contributed by atoms with E-state index in [-0.39, 0.29) is 6.42 Å². The minimum absolute atomic E-state index is 0.110. The molecule has 15 heavy (non-hydrogen) atoms. The van der Waals surface area contributed by atoms with E-state index < -0.39 is 30.7 Å². The second kappa shape index (κ2) is 6.49. The quantitative estimate of drug-likeness (QED) is 0.411. The highest BCUT2D eigenvalue weighted by Gasteiger charge is 2.41. The molecule has 92 valence electrons. The van der Waals surface area contributed by atoms with Crippen molar-refractivity contribution in [2.45, 2.75) is 38.0 Å². The monoisotopic (exact) mass is 306 g/mol. The van der Waals surface area contributed by atoms with Crippen LogP contribution in [-0.2, 0) is 4.74 Å². The predicted octanol–water partition coefficient (Wildman–Crippen LogP) is 3.87. The van der Waals surface area contributed by atoms with Crippen LogP contribution in [0.3, 0.4) is 0 Å². The van der Waals surface area contributed by atoms with Crippen LogP contribution in [0.25, 0.3) is 0 Å². The van der Waals surface area contributed by atoms with Gasteiger partial charge in [0, 0.05) is 0 Å². The molecule has 9 heteroatoms. The SMILES string of the molecule is CCC(OC(F)C(F)C(F)F)[Si](Cl)(Cl)Cl. The maximum atomic E-state index is 12.8. The molecular weight excluding hydrogens is 299 g/mol. The van der Waals surface area contributed by atoms with Crippen LogP contribution in [0.4, 0.5) is 17.6 Å². The lowest BCUT2D eigenvalue weighted by atomic mass is 10.4. The number of halogens is 7. The maximum Gasteiger partial charge on any atom is 0.369 e. The second-order valence-electron chi connectivity index (χ2n) is 2.70. The standard InChI is InChI=1S/C6H9Cl3F4OSi/c1-2-3(15(7,8)9)14-6(13)4(10)5(11)12/h3-6H,2H2,1H3. The highest BCUT2D eigenvalue weighted by molar-refractivity contribution is 7.65. The van der Waals surface area contributed by atoms with Crippen molar-refractivity contribution in [3.63, 3.8) is 0 Å². The fraction of sp³-hybridized carbons (Fsp3) is 1.00. The van der Waals surface area contributed by atoms with E-state index in [9.17, 15) is 17.6 Å². The van der Waals surface area contributed by atoms with Gasteiger partial charge in [0.15, 0.2) is 0 Å². The molecule has 0 spiro atoms. The summed E-state index contributed by atoms with van der Waals surface area (Å²) in [6.45, 7) is 1.52. The molecule has 0 saturated carbocycles. The van der Waals surface area contributed by atoms with Crippen LogP contribution in [0, 0.1) is 0 Å². The molecule has 0 aromatic rings. The zero-order chi connectivity index (χ0) is 12.2. The molecule has 0 aliphatic rings. The van der Waals surface area contributed by atoms with Crippen molar-refractivity contribution in [1.82, 2.24) is 0 Å². The molecule has 0 radical (unpaired) electrons. The Kier molecular flexibility index (Phi) is 6.82. The van der Waals surface area contributed by atoms with Crippen molar-refractivity contribution in [2.24, 2.45) is 0 Å². The highest BCUT2D eigenvalue weighted by atomic mass is 35.8. The molecule has 0 saturated heterocycles. The summed E-state index contributed by atoms with van der Waals surface area (Å²) in [5, 5.41) is 0. The van der Waals surface area contributed by atoms with Crippen LogP contribution in [-0.4, -0.2) is 30.7 Å². The number of ether oxygens (including phenoxy) is 1. The van der Waals surface area contributed by atoms with E-state index in [0.717, 1.165) is 0 Å². The topological polar surface area (TPSA) is 9.23 Å². The highest BCUT2D eigenvalue weighted by Crippen LogP contribution is 2.30. The summed E-state index contributed by atoms with van der Waals surface area (Å²) in [5.74, 6) is 0. The van der Waals surface area contributed by atoms with E-state index in [1.165, 1.54) is 6.92 Å². The Bertz CT molecular complexity index is 192. The van der Waals surface area contributed by atoms with E-state index in [1.807, 2.05) is 0 Å². The van der Waals surface area contributed by atoms with Gasteiger partial charge in [0.05, 0.1) is 5.73 Å². The Morgan fingerprint density at radius 1 is 1.13 bits per heavy atom. The minimum Gasteiger partial charge on any atom is -0.342 e. The van der Waals surface area contributed by atoms with Crippen molar-refractivity contribution >= 4 is 39.2 Å². The molecule has 3 atom stereocenters. The van der Waals surface area contributed by atoms with Gasteiger partial charge in [0.2, 0.25) is 12.5 Å². The van der Waals surface area contributed by atoms with E-state index in [1.54, 1.807) is 0 Å². The van der Waals surface area contributed by atoms with Crippen molar-refractivity contribution < 1.29 is 22.3 Å². The van der Waals surface area contributed by atoms with Crippen molar-refractivity contribution in [2.75, 3.05) is 0 Å². The van der Waals surface area contributed by atoms with Crippen LogP contribution in [0.5, 0.6) is 0 Å². The second-order valence-corrected chi connectivity index (χ2v) is 11.5. The van der Waals surface area contributed by atoms with Gasteiger partial charge in [-0.1, -0.05) is 6.92 Å². The molecule has 0 aliphatic carbocycles. The summed E-state index contributed by atoms with van der Waals surface area (Å²) >= 11 is 16.5. The van der Waals surface area contributed by atoms with Gasteiger partial charge in [-0.3, -0.25) is 0 Å². The summed E-state index contributed by atoms with van der Waals surface area (Å²) in [5.41, 5.74) is -1.14. The van der Waals surface area contributed by atoms with Crippen molar-refractivity contribution in [3.8, 4) is 0 Å². The van der Waals surface area contributed by atoms with Gasteiger partial charge in [0.1, 0.15) is 0 Å². The Balaban J connectivity index is 4.31. The Hall–Kier alpha value is 0.767. The molecular formula is C6H9Cl3F4OSi. The first kappa shape index (κ1) is 15.8. The Morgan fingerprint density at radius 3 is 1.87 bits per heavy atom. The smallest absolute Gasteiger partial charge is 0.342 e. The van der Waals surface area contributed by atoms with Gasteiger partial charge in [-0.2, -0.15) is 0 Å². The van der Waals surface area contributed by atoms with Crippen LogP contribution in [0.1, 0.15) is 13.3 Å². The zero-order valence-corrected chi connectivity index (χ0v) is 10.8. The molecule has 0 aromatic carbocycles. The third kappa shape index (κ3) is 5.58. The van der Waals surface area contributed by atoms with Crippen LogP contribution in [0.2, 0.25) is 0 Å². The molecule has 1 nitrogen and oxygen atoms in total. The van der Waals surface area contributed by atoms with E-state index >= 15 is 0 Å². The number of hydrogen-bond donors (Lipinski definition) is 0. The van der Waals surface area contributed by atoms with Gasteiger partial charge < -0.3 is 4.74 Å². The average Bonchev–Trinajstić information content (AvgIpc) is 2.10. The summed E-state index contributed by atoms with van der Waals surface area (Å²) in [6.07, 6.45) is -9.16. The molecule has 0 aromatic heterocycles. The van der Waals surface area contributed by atoms with E-state index in [0.29, 0.717) is 0 Å². The number of rotatable bonds is 6. The average molecular weight is 308 g/mol. The van der Waals surface area contributed by atoms with Crippen molar-refractivity contribution in [3.05, 3.63) is 0 Å². The summed E-state index contributed by atoms with van der Waals surface area (Å²) < 4.78 is 53.0. The molecule has 0 bridgehead atoms. The lowest BCUT2D eigenvalue weighted by Gasteiger charge is -2.24. The zero-order valence-electron chi connectivity index (χ0n) is 7.57. The van der Waals surface area contributed by atoms with Gasteiger partial charge >= 0.3 is 6.00 Å². The molecule has 0 amide bonds. The summed E-state index contributed by atoms with van der Waals surface area (Å²) in [7, 11) is 0. The van der Waals surface area contributed by atoms with E-state index in [2.05, 4.69) is 4.74 Å². The predicted molar refractivity (Wildman–Crippen MR) is 54.3 cm³/mol. The first-order chi connectivity index (χ1) is 6.70. The summed E-state index contributed by atoms with van der Waals surface area (Å²) in [6, 6.07) is -3.39. The molecule has 0 fully saturated rings. The third-order valence-corrected chi connectivity index (χ3v) is 4.99. The Morgan fingerprint density at radius 2 is 1.60 bits per heavy atom. The van der Waals surface area contributed by atoms with Gasteiger partial charge in [-0.25, -0.2) is 17.6 Å². The molecule has 3 unspecified atom stereocenters. The first-order valence-corrected chi connectivity index (χ1v) is 9.09. The third-order valence-electron chi connectivity index (χ3n) is 1.52. The van der Waals surface area contributed by atoms with Gasteiger partial charge in [-0.15, -0.1) is 33.2 Å². The van der Waals surface area contributed by atoms with Crippen LogP contribution in [0.15, 0.2) is 0 Å². The number of hydrogen-bond acceptors (Lipinski definition) is 1. The Labute approximate surface area is 99.7 Å². The molecule has 0 heterocycles. The fourth-order valence-electron chi connectivity index (χ4n) is 0.751. The first-order valence-electron chi connectivity index (χ1n) is 3.98. The fourth-order valence-corrected chi connectivity index (χ4v) is 3.35. The normalized spacial score (nSPS) is 19.0. The minimum atomic E-state index is -3.46. The molecule has 0 N–H and O–H groups in total. The van der Waals surface area contributed by atoms with Crippen LogP contribution < -0.4 is 0 Å². The number of alkyl halides is 4. The van der Waals surface area contributed by atoms with Gasteiger partial charge in [0.25, 0.3) is 6.43 Å². The largest absolute Gasteiger partial charge is 0.369 e. The lowest BCUT2D eigenvalue weighted by Crippen LogP contribution is -2.40. The van der Waals surface area contributed by atoms with Crippen molar-refractivity contribution in [1.29, 1.82) is 0 Å². The van der Waals surface area contributed by atoms with Gasteiger partial charge in [-0.05, 0) is 6.42 Å².